The van der Waals surface area contributed by atoms with E-state index in [1.54, 1.807) is 16.9 Å². The van der Waals surface area contributed by atoms with Crippen molar-refractivity contribution in [2.75, 3.05) is 0 Å². The SMILES string of the molecule is CC(C)n1ncc2c(C(=O)N[C@@H](C)C(=O)O)cc(-c3ccccc3)nc21. The highest BCUT2D eigenvalue weighted by molar-refractivity contribution is 6.07. The molecule has 26 heavy (non-hydrogen) atoms. The molecule has 7 nitrogen and oxygen atoms in total. The minimum absolute atomic E-state index is 0.0693. The van der Waals surface area contributed by atoms with Crippen LogP contribution in [0, 0.1) is 0 Å². The average molecular weight is 352 g/mol. The summed E-state index contributed by atoms with van der Waals surface area (Å²) in [5.74, 6) is -1.56. The summed E-state index contributed by atoms with van der Waals surface area (Å²) in [6, 6.07) is 10.3. The van der Waals surface area contributed by atoms with Gasteiger partial charge in [0.15, 0.2) is 5.65 Å². The molecule has 3 aromatic rings. The first-order valence-electron chi connectivity index (χ1n) is 8.36. The second kappa shape index (κ2) is 6.95. The summed E-state index contributed by atoms with van der Waals surface area (Å²) in [5, 5.41) is 16.5. The second-order valence-corrected chi connectivity index (χ2v) is 6.37. The number of hydrogen-bond acceptors (Lipinski definition) is 4. The van der Waals surface area contributed by atoms with Gasteiger partial charge in [-0.1, -0.05) is 30.3 Å². The number of aromatic nitrogens is 3. The van der Waals surface area contributed by atoms with Crippen LogP contribution in [0.25, 0.3) is 22.3 Å². The zero-order chi connectivity index (χ0) is 18.8. The molecule has 0 aliphatic rings. The summed E-state index contributed by atoms with van der Waals surface area (Å²) >= 11 is 0. The molecule has 2 aromatic heterocycles. The zero-order valence-electron chi connectivity index (χ0n) is 14.8. The predicted molar refractivity (Wildman–Crippen MR) is 97.9 cm³/mol. The standard InChI is InChI=1S/C19H20N4O3/c1-11(2)23-17-15(10-20-23)14(18(24)21-12(3)19(25)26)9-16(22-17)13-7-5-4-6-8-13/h4-12H,1-3H3,(H,21,24)(H,25,26)/t12-/m0/s1. The monoisotopic (exact) mass is 352 g/mol. The van der Waals surface area contributed by atoms with Crippen LogP contribution in [0.1, 0.15) is 37.2 Å². The van der Waals surface area contributed by atoms with Crippen molar-refractivity contribution < 1.29 is 14.7 Å². The lowest BCUT2D eigenvalue weighted by molar-refractivity contribution is -0.138. The molecule has 0 bridgehead atoms. The Balaban J connectivity index is 2.17. The van der Waals surface area contributed by atoms with Gasteiger partial charge in [-0.3, -0.25) is 9.59 Å². The van der Waals surface area contributed by atoms with Crippen LogP contribution in [0.2, 0.25) is 0 Å². The van der Waals surface area contributed by atoms with Crippen LogP contribution in [-0.2, 0) is 4.79 Å². The molecule has 1 amide bonds. The van der Waals surface area contributed by atoms with Crippen LogP contribution >= 0.6 is 0 Å². The number of rotatable bonds is 5. The molecule has 0 saturated heterocycles. The van der Waals surface area contributed by atoms with Crippen LogP contribution in [0.3, 0.4) is 0 Å². The van der Waals surface area contributed by atoms with Crippen LogP contribution in [0.5, 0.6) is 0 Å². The van der Waals surface area contributed by atoms with Crippen molar-refractivity contribution in [3.8, 4) is 11.3 Å². The van der Waals surface area contributed by atoms with Crippen LogP contribution in [-0.4, -0.2) is 37.8 Å². The number of carbonyl (C=O) groups is 2. The van der Waals surface area contributed by atoms with E-state index in [2.05, 4.69) is 15.4 Å². The molecule has 2 N–H and O–H groups in total. The minimum Gasteiger partial charge on any atom is -0.480 e. The minimum atomic E-state index is -1.09. The quantitative estimate of drug-likeness (QED) is 0.736. The number of carboxylic acid groups (broad SMARTS) is 1. The van der Waals surface area contributed by atoms with Gasteiger partial charge in [0.05, 0.1) is 22.8 Å². The maximum atomic E-state index is 12.7. The van der Waals surface area contributed by atoms with E-state index in [0.717, 1.165) is 5.56 Å². The van der Waals surface area contributed by atoms with Crippen LogP contribution in [0.15, 0.2) is 42.6 Å². The second-order valence-electron chi connectivity index (χ2n) is 6.37. The fraction of sp³-hybridized carbons (Fsp3) is 0.263. The molecule has 1 aromatic carbocycles. The maximum absolute atomic E-state index is 12.7. The molecule has 2 heterocycles. The Morgan fingerprint density at radius 1 is 1.15 bits per heavy atom. The van der Waals surface area contributed by atoms with Gasteiger partial charge in [0, 0.05) is 11.6 Å². The van der Waals surface area contributed by atoms with E-state index >= 15 is 0 Å². The lowest BCUT2D eigenvalue weighted by atomic mass is 10.1. The van der Waals surface area contributed by atoms with Crippen LogP contribution in [0.4, 0.5) is 0 Å². The third kappa shape index (κ3) is 3.28. The fourth-order valence-electron chi connectivity index (χ4n) is 2.68. The first-order valence-corrected chi connectivity index (χ1v) is 8.36. The molecular weight excluding hydrogens is 332 g/mol. The third-order valence-corrected chi connectivity index (χ3v) is 4.09. The first kappa shape index (κ1) is 17.6. The van der Waals surface area contributed by atoms with Crippen molar-refractivity contribution in [3.05, 3.63) is 48.2 Å². The molecule has 0 unspecified atom stereocenters. The summed E-state index contributed by atoms with van der Waals surface area (Å²) < 4.78 is 1.75. The number of benzene rings is 1. The van der Waals surface area contributed by atoms with Crippen molar-refractivity contribution in [3.63, 3.8) is 0 Å². The smallest absolute Gasteiger partial charge is 0.325 e. The number of pyridine rings is 1. The van der Waals surface area contributed by atoms with Crippen molar-refractivity contribution >= 4 is 22.9 Å². The lowest BCUT2D eigenvalue weighted by Gasteiger charge is -2.12. The van der Waals surface area contributed by atoms with Gasteiger partial charge < -0.3 is 10.4 Å². The van der Waals surface area contributed by atoms with E-state index in [-0.39, 0.29) is 6.04 Å². The number of nitrogens with zero attached hydrogens (tertiary/aromatic N) is 3. The molecule has 0 aliphatic heterocycles. The fourth-order valence-corrected chi connectivity index (χ4v) is 2.68. The van der Waals surface area contributed by atoms with Gasteiger partial charge >= 0.3 is 5.97 Å². The maximum Gasteiger partial charge on any atom is 0.325 e. The molecule has 7 heteroatoms. The molecule has 1 atom stereocenters. The molecule has 3 rings (SSSR count). The third-order valence-electron chi connectivity index (χ3n) is 4.09. The largest absolute Gasteiger partial charge is 0.480 e. The highest BCUT2D eigenvalue weighted by atomic mass is 16.4. The van der Waals surface area contributed by atoms with Crippen molar-refractivity contribution in [2.24, 2.45) is 0 Å². The van der Waals surface area contributed by atoms with E-state index in [1.807, 2.05) is 44.2 Å². The van der Waals surface area contributed by atoms with Gasteiger partial charge in [-0.05, 0) is 26.8 Å². The normalized spacial score (nSPS) is 12.3. The Morgan fingerprint density at radius 3 is 2.46 bits per heavy atom. The average Bonchev–Trinajstić information content (AvgIpc) is 3.05. The first-order chi connectivity index (χ1) is 12.4. The Bertz CT molecular complexity index is 964. The van der Waals surface area contributed by atoms with Gasteiger partial charge in [-0.2, -0.15) is 5.10 Å². The summed E-state index contributed by atoms with van der Waals surface area (Å²) in [4.78, 5) is 28.5. The highest BCUT2D eigenvalue weighted by Gasteiger charge is 2.21. The summed E-state index contributed by atoms with van der Waals surface area (Å²) in [6.45, 7) is 5.39. The molecule has 0 saturated carbocycles. The molecule has 0 radical (unpaired) electrons. The summed E-state index contributed by atoms with van der Waals surface area (Å²) in [5.41, 5.74) is 2.45. The van der Waals surface area contributed by atoms with Crippen LogP contribution < -0.4 is 5.32 Å². The Hall–Kier alpha value is -3.22. The van der Waals surface area contributed by atoms with E-state index < -0.39 is 17.9 Å². The van der Waals surface area contributed by atoms with Gasteiger partial charge in [0.2, 0.25) is 0 Å². The van der Waals surface area contributed by atoms with E-state index in [1.165, 1.54) is 6.92 Å². The molecular formula is C19H20N4O3. The molecule has 0 fully saturated rings. The zero-order valence-corrected chi connectivity index (χ0v) is 14.8. The number of carboxylic acids is 1. The number of nitrogens with one attached hydrogen (secondary N) is 1. The van der Waals surface area contributed by atoms with Gasteiger partial charge in [0.1, 0.15) is 6.04 Å². The summed E-state index contributed by atoms with van der Waals surface area (Å²) in [7, 11) is 0. The highest BCUT2D eigenvalue weighted by Crippen LogP contribution is 2.26. The van der Waals surface area contributed by atoms with Crippen molar-refractivity contribution in [1.29, 1.82) is 0 Å². The van der Waals surface area contributed by atoms with Gasteiger partial charge in [-0.15, -0.1) is 0 Å². The Labute approximate surface area is 150 Å². The number of fused-ring (bicyclic) bond motifs is 1. The van der Waals surface area contributed by atoms with Gasteiger partial charge in [-0.25, -0.2) is 9.67 Å². The Morgan fingerprint density at radius 2 is 1.85 bits per heavy atom. The van der Waals surface area contributed by atoms with Gasteiger partial charge in [0.25, 0.3) is 5.91 Å². The van der Waals surface area contributed by atoms with E-state index in [4.69, 9.17) is 5.11 Å². The molecule has 134 valence electrons. The van der Waals surface area contributed by atoms with E-state index in [0.29, 0.717) is 22.3 Å². The molecule has 0 aliphatic carbocycles. The lowest BCUT2D eigenvalue weighted by Crippen LogP contribution is -2.38. The number of amides is 1. The predicted octanol–water partition coefficient (Wildman–Crippen LogP) is 2.88. The van der Waals surface area contributed by atoms with E-state index in [9.17, 15) is 9.59 Å². The Kier molecular flexibility index (Phi) is 4.71. The topological polar surface area (TPSA) is 97.1 Å². The van der Waals surface area contributed by atoms with Crippen molar-refractivity contribution in [2.45, 2.75) is 32.9 Å². The summed E-state index contributed by atoms with van der Waals surface area (Å²) in [6.07, 6.45) is 1.59. The number of carbonyl (C=O) groups excluding carboxylic acids is 1. The number of hydrogen-bond donors (Lipinski definition) is 2. The van der Waals surface area contributed by atoms with Crippen molar-refractivity contribution in [1.82, 2.24) is 20.1 Å². The number of aliphatic carboxylic acids is 1. The molecule has 0 spiro atoms.